The van der Waals surface area contributed by atoms with Gasteiger partial charge in [-0.25, -0.2) is 15.0 Å². The second-order valence-electron chi connectivity index (χ2n) is 6.49. The van der Waals surface area contributed by atoms with E-state index in [1.165, 1.54) is 6.33 Å². The quantitative estimate of drug-likeness (QED) is 0.631. The zero-order chi connectivity index (χ0) is 16.2. The maximum atomic E-state index is 12.2. The number of carbonyl (C=O) groups excluding carboxylic acids is 1. The Balaban J connectivity index is 1.89. The molecule has 0 saturated carbocycles. The molecule has 1 aromatic carbocycles. The van der Waals surface area contributed by atoms with Crippen LogP contribution in [-0.2, 0) is 4.79 Å². The zero-order valence-corrected chi connectivity index (χ0v) is 13.1. The maximum Gasteiger partial charge on any atom is 0.241 e. The molecule has 7 heteroatoms. The topological polar surface area (TPSA) is 99.9 Å². The van der Waals surface area contributed by atoms with Gasteiger partial charge >= 0.3 is 0 Å². The van der Waals surface area contributed by atoms with Crippen molar-refractivity contribution in [2.75, 3.05) is 11.2 Å². The van der Waals surface area contributed by atoms with Gasteiger partial charge in [0.2, 0.25) is 5.91 Å². The Morgan fingerprint density at radius 2 is 2.17 bits per heavy atom. The van der Waals surface area contributed by atoms with E-state index >= 15 is 0 Å². The van der Waals surface area contributed by atoms with E-state index in [1.807, 2.05) is 32.0 Å². The molecular weight excluding hydrogens is 292 g/mol. The lowest BCUT2D eigenvalue weighted by atomic mass is 10.0. The molecule has 7 nitrogen and oxygen atoms in total. The van der Waals surface area contributed by atoms with Crippen molar-refractivity contribution in [2.45, 2.75) is 32.2 Å². The number of anilines is 2. The molecule has 23 heavy (non-hydrogen) atoms. The smallest absolute Gasteiger partial charge is 0.241 e. The summed E-state index contributed by atoms with van der Waals surface area (Å²) in [5.41, 5.74) is 11.2. The summed E-state index contributed by atoms with van der Waals surface area (Å²) >= 11 is 0. The van der Waals surface area contributed by atoms with Crippen molar-refractivity contribution in [2.24, 2.45) is 0 Å². The number of hydrogen-bond donors (Lipinski definition) is 3. The Kier molecular flexibility index (Phi) is 2.75. The average Bonchev–Trinajstić information content (AvgIpc) is 3.02. The summed E-state index contributed by atoms with van der Waals surface area (Å²) in [6.07, 6.45) is 2.83. The largest absolute Gasteiger partial charge is 0.397 e. The van der Waals surface area contributed by atoms with Crippen LogP contribution in [0.4, 0.5) is 11.5 Å². The first-order valence-electron chi connectivity index (χ1n) is 7.58. The molecule has 3 heterocycles. The number of aromatic amines is 1. The van der Waals surface area contributed by atoms with Crippen LogP contribution in [-0.4, -0.2) is 31.4 Å². The van der Waals surface area contributed by atoms with Crippen LogP contribution >= 0.6 is 0 Å². The number of rotatable bonds is 2. The van der Waals surface area contributed by atoms with Crippen LogP contribution in [0.25, 0.3) is 21.9 Å². The van der Waals surface area contributed by atoms with Crippen LogP contribution in [0.5, 0.6) is 0 Å². The Morgan fingerprint density at radius 3 is 2.91 bits per heavy atom. The summed E-state index contributed by atoms with van der Waals surface area (Å²) in [6.45, 7) is 4.08. The number of nitrogens with one attached hydrogen (secondary N) is 2. The number of nitrogens with zero attached hydrogens (tertiary/aromatic N) is 3. The summed E-state index contributed by atoms with van der Waals surface area (Å²) in [4.78, 5) is 24.0. The Bertz CT molecular complexity index is 929. The van der Waals surface area contributed by atoms with Crippen molar-refractivity contribution in [1.29, 1.82) is 0 Å². The number of H-pyrrole nitrogens is 1. The lowest BCUT2D eigenvalue weighted by molar-refractivity contribution is -0.129. The lowest BCUT2D eigenvalue weighted by Crippen LogP contribution is -2.45. The number of hydrogen-bond acceptors (Lipinski definition) is 5. The molecule has 118 valence electrons. The number of fused-ring (bicyclic) bond motifs is 3. The van der Waals surface area contributed by atoms with E-state index in [4.69, 9.17) is 5.73 Å². The first-order chi connectivity index (χ1) is 11.0. The van der Waals surface area contributed by atoms with Crippen LogP contribution in [0, 0.1) is 0 Å². The highest BCUT2D eigenvalue weighted by Gasteiger charge is 2.38. The minimum Gasteiger partial charge on any atom is -0.397 e. The van der Waals surface area contributed by atoms with Gasteiger partial charge in [-0.1, -0.05) is 12.1 Å². The second kappa shape index (κ2) is 4.58. The van der Waals surface area contributed by atoms with Gasteiger partial charge in [-0.3, -0.25) is 10.2 Å². The van der Waals surface area contributed by atoms with E-state index in [1.54, 1.807) is 5.01 Å². The molecule has 4 rings (SSSR count). The van der Waals surface area contributed by atoms with Crippen molar-refractivity contribution in [3.05, 3.63) is 24.5 Å². The van der Waals surface area contributed by atoms with Crippen molar-refractivity contribution >= 4 is 39.3 Å². The molecule has 1 fully saturated rings. The van der Waals surface area contributed by atoms with Gasteiger partial charge in [0, 0.05) is 11.8 Å². The van der Waals surface area contributed by atoms with Crippen LogP contribution in [0.1, 0.15) is 26.7 Å². The fraction of sp³-hybridized carbons (Fsp3) is 0.312. The van der Waals surface area contributed by atoms with Crippen LogP contribution in [0.3, 0.4) is 0 Å². The Morgan fingerprint density at radius 1 is 1.35 bits per heavy atom. The number of nitrogen functional groups attached to an aromatic ring is 1. The number of hydrazine groups is 1. The van der Waals surface area contributed by atoms with E-state index in [0.29, 0.717) is 23.6 Å². The molecule has 1 amide bonds. The molecule has 0 aliphatic carbocycles. The number of nitrogens with two attached hydrogens (primary N) is 1. The molecule has 4 N–H and O–H groups in total. The van der Waals surface area contributed by atoms with E-state index in [0.717, 1.165) is 22.7 Å². The van der Waals surface area contributed by atoms with Gasteiger partial charge in [0.25, 0.3) is 0 Å². The summed E-state index contributed by atoms with van der Waals surface area (Å²) in [5, 5.41) is 3.44. The fourth-order valence-electron chi connectivity index (χ4n) is 3.15. The Hall–Kier alpha value is -2.83. The van der Waals surface area contributed by atoms with Gasteiger partial charge < -0.3 is 10.7 Å². The predicted molar refractivity (Wildman–Crippen MR) is 89.6 cm³/mol. The van der Waals surface area contributed by atoms with Crippen molar-refractivity contribution < 1.29 is 4.79 Å². The van der Waals surface area contributed by atoms with Gasteiger partial charge in [0.15, 0.2) is 5.82 Å². The third-order valence-corrected chi connectivity index (χ3v) is 4.48. The maximum absolute atomic E-state index is 12.2. The highest BCUT2D eigenvalue weighted by Crippen LogP contribution is 2.34. The van der Waals surface area contributed by atoms with E-state index in [-0.39, 0.29) is 11.4 Å². The summed E-state index contributed by atoms with van der Waals surface area (Å²) in [5.74, 6) is 0.677. The van der Waals surface area contributed by atoms with Gasteiger partial charge in [0.05, 0.1) is 22.1 Å². The third-order valence-electron chi connectivity index (χ3n) is 4.48. The van der Waals surface area contributed by atoms with Crippen LogP contribution in [0.15, 0.2) is 24.5 Å². The molecule has 2 aromatic heterocycles. The standard InChI is InChI=1S/C16H18N6O/c1-16(2)7-6-11(23)22(16)21-15-12-9-4-3-5-10(17)13(9)20-14(12)18-8-19-15/h3-5,8H,6-7,17H2,1-2H3,(H2,18,19,20,21). The van der Waals surface area contributed by atoms with Gasteiger partial charge in [0.1, 0.15) is 12.0 Å². The summed E-state index contributed by atoms with van der Waals surface area (Å²) < 4.78 is 0. The van der Waals surface area contributed by atoms with E-state index in [2.05, 4.69) is 20.4 Å². The van der Waals surface area contributed by atoms with Crippen LogP contribution < -0.4 is 11.2 Å². The number of para-hydroxylation sites is 1. The molecule has 0 spiro atoms. The Labute approximate surface area is 132 Å². The molecule has 1 saturated heterocycles. The van der Waals surface area contributed by atoms with Gasteiger partial charge in [-0.2, -0.15) is 0 Å². The molecule has 0 bridgehead atoms. The molecule has 0 atom stereocenters. The number of benzene rings is 1. The second-order valence-corrected chi connectivity index (χ2v) is 6.49. The first kappa shape index (κ1) is 13.8. The van der Waals surface area contributed by atoms with Crippen LogP contribution in [0.2, 0.25) is 0 Å². The third kappa shape index (κ3) is 2.00. The molecule has 1 aliphatic heterocycles. The van der Waals surface area contributed by atoms with Gasteiger partial charge in [-0.05, 0) is 26.3 Å². The zero-order valence-electron chi connectivity index (χ0n) is 13.1. The molecule has 0 radical (unpaired) electrons. The van der Waals surface area contributed by atoms with Gasteiger partial charge in [-0.15, -0.1) is 0 Å². The first-order valence-corrected chi connectivity index (χ1v) is 7.58. The van der Waals surface area contributed by atoms with Crippen molar-refractivity contribution in [3.63, 3.8) is 0 Å². The SMILES string of the molecule is CC1(C)CCC(=O)N1Nc1ncnc2[nH]c3c(N)cccc3c12. The highest BCUT2D eigenvalue weighted by molar-refractivity contribution is 6.14. The van der Waals surface area contributed by atoms with Crippen molar-refractivity contribution in [3.8, 4) is 0 Å². The fourth-order valence-corrected chi connectivity index (χ4v) is 3.15. The number of carbonyl (C=O) groups is 1. The van der Waals surface area contributed by atoms with Crippen molar-refractivity contribution in [1.82, 2.24) is 20.0 Å². The summed E-state index contributed by atoms with van der Waals surface area (Å²) in [6, 6.07) is 5.70. The molecule has 3 aromatic rings. The predicted octanol–water partition coefficient (Wildman–Crippen LogP) is 2.42. The molecular formula is C16H18N6O. The number of amides is 1. The minimum absolute atomic E-state index is 0.0705. The number of aromatic nitrogens is 3. The lowest BCUT2D eigenvalue weighted by Gasteiger charge is -2.32. The normalized spacial score (nSPS) is 17.3. The van der Waals surface area contributed by atoms with E-state index < -0.39 is 0 Å². The minimum atomic E-state index is -0.251. The van der Waals surface area contributed by atoms with E-state index in [9.17, 15) is 4.79 Å². The monoisotopic (exact) mass is 310 g/mol. The highest BCUT2D eigenvalue weighted by atomic mass is 16.2. The molecule has 0 unspecified atom stereocenters. The average molecular weight is 310 g/mol. The molecule has 1 aliphatic rings. The summed E-state index contributed by atoms with van der Waals surface area (Å²) in [7, 11) is 0.